The molecule has 0 saturated carbocycles. The van der Waals surface area contributed by atoms with Gasteiger partial charge in [0, 0.05) is 0 Å². The van der Waals surface area contributed by atoms with Gasteiger partial charge in [0.1, 0.15) is 0 Å². The van der Waals surface area contributed by atoms with Crippen molar-refractivity contribution in [1.29, 1.82) is 4.89 Å². The maximum absolute atomic E-state index is 6.92. The summed E-state index contributed by atoms with van der Waals surface area (Å²) in [5.41, 5.74) is 0. The molecule has 0 fully saturated rings. The molecule has 0 aliphatic rings. The van der Waals surface area contributed by atoms with E-state index in [1.54, 1.807) is 0 Å². The van der Waals surface area contributed by atoms with Crippen molar-refractivity contribution in [2.75, 3.05) is 0 Å². The second-order valence-electron chi connectivity index (χ2n) is 0. The zero-order valence-corrected chi connectivity index (χ0v) is 2.18. The van der Waals surface area contributed by atoms with Crippen molar-refractivity contribution in [2.45, 2.75) is 0 Å². The van der Waals surface area contributed by atoms with Crippen LogP contribution in [0.5, 0.6) is 0 Å². The molecular formula is H9GeNSi2. The number of hydrogen-bond donors (Lipinski definition) is 0. The molecule has 26 valence electrons. The molecule has 0 aliphatic carbocycles. The van der Waals surface area contributed by atoms with Crippen LogP contribution in [0.4, 0.5) is 0 Å². The van der Waals surface area contributed by atoms with E-state index in [2.05, 4.69) is 0 Å². The number of nitrogens with zero attached hydrogens (tertiary/aromatic N) is 1. The van der Waals surface area contributed by atoms with E-state index in [0.717, 1.165) is 0 Å². The van der Waals surface area contributed by atoms with E-state index in [0.29, 0.717) is 0 Å². The number of hydrogen-bond acceptors (Lipinski definition) is 1. The summed E-state index contributed by atoms with van der Waals surface area (Å²) in [5.74, 6) is 0. The molecule has 0 unspecified atom stereocenters. The van der Waals surface area contributed by atoms with E-state index in [9.17, 15) is 0 Å². The summed E-state index contributed by atoms with van der Waals surface area (Å²) in [6.07, 6.45) is 0. The summed E-state index contributed by atoms with van der Waals surface area (Å²) < 4.78 is 0. The maximum atomic E-state index is 6.92. The summed E-state index contributed by atoms with van der Waals surface area (Å²) in [6, 6.07) is 0. The van der Waals surface area contributed by atoms with Crippen molar-refractivity contribution >= 4 is 38.4 Å². The van der Waals surface area contributed by atoms with Gasteiger partial charge in [-0.2, -0.15) is 0 Å². The van der Waals surface area contributed by atoms with E-state index >= 15 is 0 Å². The van der Waals surface area contributed by atoms with Crippen LogP contribution in [-0.2, 0) is 0 Å². The van der Waals surface area contributed by atoms with Gasteiger partial charge in [0.2, 0.25) is 0 Å². The fourth-order valence-electron chi connectivity index (χ4n) is 0. The smallest absolute Gasteiger partial charge is 0.0149 e. The summed E-state index contributed by atoms with van der Waals surface area (Å²) >= 11 is 0. The third-order valence-electron chi connectivity index (χ3n) is 0. The van der Waals surface area contributed by atoms with Crippen LogP contribution < -0.4 is 0 Å². The molecule has 0 saturated heterocycles. The molecule has 1 nitrogen and oxygen atoms in total. The van der Waals surface area contributed by atoms with Gasteiger partial charge in [0.25, 0.3) is 0 Å². The average Bonchev–Trinajstić information content (AvgIpc) is 1.00. The Labute approximate surface area is 43.8 Å². The van der Waals surface area contributed by atoms with Gasteiger partial charge in [-0.05, 0) is 11.0 Å². The fraction of sp³-hybridized carbons (Fsp3) is 0. The molecule has 0 heterocycles. The van der Waals surface area contributed by atoms with Crippen molar-refractivity contribution < 1.29 is 0 Å². The molecule has 0 N–H and O–H groups in total. The largest absolute Gasteiger partial charge is 0.0149 e. The monoisotopic (exact) mass is 153 g/mol. The van der Waals surface area contributed by atoms with Gasteiger partial charge in [-0.1, -0.05) is 0 Å². The first kappa shape index (κ1) is 22.4. The average molecular weight is 152 g/mol. The van der Waals surface area contributed by atoms with Crippen molar-refractivity contribution in [3.63, 3.8) is 0 Å². The van der Waals surface area contributed by atoms with E-state index in [4.69, 9.17) is 4.89 Å². The van der Waals surface area contributed by atoms with Crippen LogP contribution in [0.25, 0.3) is 0 Å². The molecule has 4 heteroatoms. The van der Waals surface area contributed by atoms with Crippen LogP contribution in [0, 0.1) is 4.89 Å². The van der Waals surface area contributed by atoms with E-state index in [1.807, 2.05) is 0 Å². The molecule has 4 heavy (non-hydrogen) atoms. The molecule has 0 aromatic carbocycles. The van der Waals surface area contributed by atoms with Gasteiger partial charge in [-0.15, -0.1) is 0 Å². The van der Waals surface area contributed by atoms with Crippen LogP contribution in [0.15, 0.2) is 0 Å². The standard InChI is InChI=1S/GeH4.HNSi.H4Si/c;1-2;/h1H4;2H;1H4. The molecule has 0 radical (unpaired) electrons. The van der Waals surface area contributed by atoms with Gasteiger partial charge in [0.15, 0.2) is 9.88 Å². The molecule has 0 spiro atoms. The Hall–Kier alpha value is 0.687. The first-order valence-electron chi connectivity index (χ1n) is 0.258. The van der Waals surface area contributed by atoms with Crippen LogP contribution in [-0.4, -0.2) is 38.4 Å². The zero-order valence-electron chi connectivity index (χ0n) is 1.02. The Morgan fingerprint density at radius 2 is 1.25 bits per heavy atom. The molecule has 0 amide bonds. The van der Waals surface area contributed by atoms with Gasteiger partial charge < -0.3 is 0 Å². The predicted molar refractivity (Wildman–Crippen MR) is 31.5 cm³/mol. The molecular weight excluding hydrogens is 143 g/mol. The zero-order chi connectivity index (χ0) is 2.00. The normalized spacial score (nSPS) is 0.500. The minimum atomic E-state index is 0. The van der Waals surface area contributed by atoms with Crippen LogP contribution in [0.1, 0.15) is 0 Å². The second-order valence-corrected chi connectivity index (χ2v) is 0. The Bertz CT molecular complexity index is 10.8. The predicted octanol–water partition coefficient (Wildman–Crippen LogP) is -3.54. The Morgan fingerprint density at radius 1 is 1.25 bits per heavy atom. The third kappa shape index (κ3) is 16.2. The van der Waals surface area contributed by atoms with E-state index in [1.165, 1.54) is 9.88 Å². The quantitative estimate of drug-likeness (QED) is 0.330. The van der Waals surface area contributed by atoms with Crippen molar-refractivity contribution in [1.82, 2.24) is 0 Å². The molecule has 0 aromatic heterocycles. The Kier molecular flexibility index (Phi) is 316. The van der Waals surface area contributed by atoms with Crippen molar-refractivity contribution in [2.24, 2.45) is 0 Å². The summed E-state index contributed by atoms with van der Waals surface area (Å²) in [7, 11) is 1.42. The minimum Gasteiger partial charge on any atom is -0.0149 e. The summed E-state index contributed by atoms with van der Waals surface area (Å²) in [5, 5.41) is 0. The second kappa shape index (κ2) is 56.4. The topological polar surface area (TPSA) is 23.8 Å². The van der Waals surface area contributed by atoms with Crippen molar-refractivity contribution in [3.05, 3.63) is 0 Å². The van der Waals surface area contributed by atoms with Crippen molar-refractivity contribution in [3.8, 4) is 0 Å². The van der Waals surface area contributed by atoms with Gasteiger partial charge in [0.05, 0.1) is 0 Å². The number of rotatable bonds is 0. The minimum absolute atomic E-state index is 0. The Balaban J connectivity index is -0.00000000500. The maximum Gasteiger partial charge on any atom is -0.0149 e. The van der Waals surface area contributed by atoms with Crippen LogP contribution in [0.3, 0.4) is 0 Å². The fourth-order valence-corrected chi connectivity index (χ4v) is 0. The first-order chi connectivity index (χ1) is 1.00. The third-order valence-corrected chi connectivity index (χ3v) is 0. The molecule has 0 rings (SSSR count). The first-order valence-corrected chi connectivity index (χ1v) is 0.775. The van der Waals surface area contributed by atoms with Crippen LogP contribution in [0.2, 0.25) is 0 Å². The Morgan fingerprint density at radius 3 is 1.25 bits per heavy atom. The summed E-state index contributed by atoms with van der Waals surface area (Å²) in [6.45, 7) is 0. The van der Waals surface area contributed by atoms with E-state index < -0.39 is 0 Å². The van der Waals surface area contributed by atoms with Gasteiger partial charge >= 0.3 is 17.6 Å². The molecule has 0 aliphatic heterocycles. The van der Waals surface area contributed by atoms with Gasteiger partial charge in [-0.25, -0.2) is 0 Å². The van der Waals surface area contributed by atoms with Crippen LogP contribution >= 0.6 is 0 Å². The van der Waals surface area contributed by atoms with E-state index in [-0.39, 0.29) is 28.6 Å². The summed E-state index contributed by atoms with van der Waals surface area (Å²) in [4.78, 5) is 6.92. The molecule has 0 aromatic rings. The molecule has 0 bridgehead atoms. The van der Waals surface area contributed by atoms with Gasteiger partial charge in [-0.3, -0.25) is 4.89 Å². The molecule has 0 atom stereocenters. The SMILES string of the molecule is N#[SiH].[GeH4].[SiH4].